The van der Waals surface area contributed by atoms with Crippen LogP contribution in [0, 0.1) is 11.3 Å². The number of fused-ring (bicyclic) bond motifs is 2. The molecule has 0 nitrogen and oxygen atoms in total. The first kappa shape index (κ1) is 16.1. The van der Waals surface area contributed by atoms with E-state index in [1.54, 1.807) is 5.57 Å². The largest absolute Gasteiger partial charge is 0.201 e. The van der Waals surface area contributed by atoms with Gasteiger partial charge in [0.25, 0.3) is 0 Å². The second-order valence-electron chi connectivity index (χ2n) is 8.35. The lowest BCUT2D eigenvalue weighted by molar-refractivity contribution is 0.352. The summed E-state index contributed by atoms with van der Waals surface area (Å²) < 4.78 is 0. The molecule has 3 rings (SSSR count). The van der Waals surface area contributed by atoms with Crippen LogP contribution in [0.1, 0.15) is 41.0 Å². The molecule has 1 aliphatic carbocycles. The summed E-state index contributed by atoms with van der Waals surface area (Å²) in [4.78, 5) is 0. The van der Waals surface area contributed by atoms with Gasteiger partial charge in [0, 0.05) is 11.5 Å². The maximum Gasteiger partial charge on any atom is 0.201 e. The number of allylic oxidation sites excluding steroid dienone is 4. The van der Waals surface area contributed by atoms with Gasteiger partial charge in [-0.25, -0.2) is 0 Å². The monoisotopic (exact) mass is 330 g/mol. The zero-order valence-corrected chi connectivity index (χ0v) is 16.1. The zero-order valence-electron chi connectivity index (χ0n) is 14.4. The molecule has 0 N–H and O–H groups in total. The molecule has 1 aromatic rings. The van der Waals surface area contributed by atoms with Gasteiger partial charge in [-0.05, 0) is 36.4 Å². The van der Waals surface area contributed by atoms with Gasteiger partial charge in [-0.15, -0.1) is 0 Å². The molecular weight excluding hydrogens is 304 g/mol. The Morgan fingerprint density at radius 2 is 1.73 bits per heavy atom. The summed E-state index contributed by atoms with van der Waals surface area (Å²) in [6, 6.07) is 10.9. The van der Waals surface area contributed by atoms with Gasteiger partial charge in [-0.1, -0.05) is 74.4 Å². The molecule has 0 saturated carbocycles. The number of halogens is 1. The molecule has 1 saturated heterocycles. The third kappa shape index (κ3) is 2.43. The molecule has 1 aromatic carbocycles. The number of hydrogen-bond acceptors (Lipinski definition) is 0. The molecule has 0 aromatic heterocycles. The van der Waals surface area contributed by atoms with E-state index < -0.39 is 7.38 Å². The molecule has 0 spiro atoms. The Morgan fingerprint density at radius 1 is 1.09 bits per heavy atom. The van der Waals surface area contributed by atoms with E-state index in [1.165, 1.54) is 17.2 Å². The van der Waals surface area contributed by atoms with Crippen molar-refractivity contribution in [1.82, 2.24) is 0 Å². The van der Waals surface area contributed by atoms with E-state index in [2.05, 4.69) is 77.1 Å². The van der Waals surface area contributed by atoms with Crippen LogP contribution in [-0.2, 0) is 0 Å². The first-order valence-electron chi connectivity index (χ1n) is 8.35. The molecular formula is C20H27ClSi. The summed E-state index contributed by atoms with van der Waals surface area (Å²) in [6.07, 6.45) is 6.07. The lowest BCUT2D eigenvalue weighted by Gasteiger charge is -2.37. The van der Waals surface area contributed by atoms with Crippen LogP contribution in [0.25, 0.3) is 0 Å². The number of benzene rings is 1. The van der Waals surface area contributed by atoms with Crippen molar-refractivity contribution in [3.8, 4) is 0 Å². The molecule has 0 radical (unpaired) electrons. The lowest BCUT2D eigenvalue weighted by Crippen LogP contribution is -2.49. The Labute approximate surface area is 141 Å². The van der Waals surface area contributed by atoms with E-state index in [9.17, 15) is 0 Å². The summed E-state index contributed by atoms with van der Waals surface area (Å²) in [5, 5.41) is 1.42. The first-order valence-corrected chi connectivity index (χ1v) is 11.5. The highest BCUT2D eigenvalue weighted by molar-refractivity contribution is 7.30. The van der Waals surface area contributed by atoms with Crippen LogP contribution >= 0.6 is 11.1 Å². The topological polar surface area (TPSA) is 0 Å². The Bertz CT molecular complexity index is 619. The standard InChI is InChI=1S/C20H27ClSi/c1-14(2)19-16-11-12-17(19)22(21,15-9-7-6-8-10-15)18(16)13-20(3,4)5/h6-12,16-18H,13H2,1-5H3/t16-,17-,18-,22?/m1/s1. The fourth-order valence-corrected chi connectivity index (χ4v) is 11.1. The van der Waals surface area contributed by atoms with Crippen LogP contribution in [0.15, 0.2) is 53.6 Å². The number of rotatable bonds is 2. The Balaban J connectivity index is 2.14. The van der Waals surface area contributed by atoms with Crippen LogP contribution in [0.2, 0.25) is 11.1 Å². The third-order valence-electron chi connectivity index (χ3n) is 5.26. The summed E-state index contributed by atoms with van der Waals surface area (Å²) in [5.74, 6) is 0.568. The minimum absolute atomic E-state index is 0.317. The van der Waals surface area contributed by atoms with Crippen molar-refractivity contribution in [3.05, 3.63) is 53.6 Å². The van der Waals surface area contributed by atoms with E-state index >= 15 is 0 Å². The van der Waals surface area contributed by atoms with Gasteiger partial charge < -0.3 is 0 Å². The molecule has 2 heteroatoms. The quantitative estimate of drug-likeness (QED) is 0.365. The van der Waals surface area contributed by atoms with Gasteiger partial charge >= 0.3 is 0 Å². The van der Waals surface area contributed by atoms with Crippen molar-refractivity contribution in [2.24, 2.45) is 11.3 Å². The smallest absolute Gasteiger partial charge is 0.160 e. The fraction of sp³-hybridized carbons (Fsp3) is 0.500. The summed E-state index contributed by atoms with van der Waals surface area (Å²) in [5.41, 5.74) is 4.51. The molecule has 2 bridgehead atoms. The molecule has 1 unspecified atom stereocenters. The maximum absolute atomic E-state index is 7.56. The van der Waals surface area contributed by atoms with Crippen LogP contribution in [0.4, 0.5) is 0 Å². The van der Waals surface area contributed by atoms with Crippen molar-refractivity contribution >= 4 is 23.6 Å². The van der Waals surface area contributed by atoms with Gasteiger partial charge in [0.05, 0.1) is 0 Å². The predicted molar refractivity (Wildman–Crippen MR) is 100 cm³/mol. The van der Waals surface area contributed by atoms with Crippen LogP contribution in [0.3, 0.4) is 0 Å². The fourth-order valence-electron chi connectivity index (χ4n) is 4.52. The SMILES string of the molecule is CC(C)=C1[C@H]2C=C[C@@H]1[C@@H](CC(C)(C)C)[Si]2(Cl)c1ccccc1. The van der Waals surface area contributed by atoms with Gasteiger partial charge in [-0.3, -0.25) is 0 Å². The molecule has 1 fully saturated rings. The molecule has 118 valence electrons. The van der Waals surface area contributed by atoms with E-state index in [0.717, 1.165) is 0 Å². The van der Waals surface area contributed by atoms with Crippen molar-refractivity contribution in [2.75, 3.05) is 0 Å². The molecule has 1 aliphatic heterocycles. The number of hydrogen-bond donors (Lipinski definition) is 0. The summed E-state index contributed by atoms with van der Waals surface area (Å²) in [6.45, 7) is 11.6. The average Bonchev–Trinajstić information content (AvgIpc) is 2.96. The molecule has 0 amide bonds. The maximum atomic E-state index is 7.56. The second kappa shape index (κ2) is 5.38. The highest BCUT2D eigenvalue weighted by Gasteiger charge is 2.61. The minimum atomic E-state index is -2.08. The van der Waals surface area contributed by atoms with E-state index in [4.69, 9.17) is 11.1 Å². The molecule has 22 heavy (non-hydrogen) atoms. The first-order chi connectivity index (χ1) is 10.2. The second-order valence-corrected chi connectivity index (χ2v) is 13.7. The lowest BCUT2D eigenvalue weighted by atomic mass is 9.84. The van der Waals surface area contributed by atoms with Crippen LogP contribution in [-0.4, -0.2) is 7.38 Å². The van der Waals surface area contributed by atoms with Crippen molar-refractivity contribution < 1.29 is 0 Å². The molecule has 4 atom stereocenters. The van der Waals surface area contributed by atoms with Gasteiger partial charge in [0.1, 0.15) is 0 Å². The van der Waals surface area contributed by atoms with E-state index in [1.807, 2.05) is 0 Å². The normalized spacial score (nSPS) is 33.5. The highest BCUT2D eigenvalue weighted by Crippen LogP contribution is 2.64. The Hall–Kier alpha value is -0.793. The van der Waals surface area contributed by atoms with Crippen molar-refractivity contribution in [1.29, 1.82) is 0 Å². The van der Waals surface area contributed by atoms with Crippen LogP contribution in [0.5, 0.6) is 0 Å². The van der Waals surface area contributed by atoms with Gasteiger partial charge in [0.2, 0.25) is 7.38 Å². The summed E-state index contributed by atoms with van der Waals surface area (Å²) in [7, 11) is -2.08. The minimum Gasteiger partial charge on any atom is -0.160 e. The zero-order chi connectivity index (χ0) is 16.1. The van der Waals surface area contributed by atoms with Crippen molar-refractivity contribution in [2.45, 2.75) is 52.1 Å². The van der Waals surface area contributed by atoms with Gasteiger partial charge in [0.15, 0.2) is 0 Å². The van der Waals surface area contributed by atoms with Crippen molar-refractivity contribution in [3.63, 3.8) is 0 Å². The summed E-state index contributed by atoms with van der Waals surface area (Å²) >= 11 is 7.56. The van der Waals surface area contributed by atoms with Gasteiger partial charge in [-0.2, -0.15) is 11.1 Å². The van der Waals surface area contributed by atoms with Crippen LogP contribution < -0.4 is 5.19 Å². The predicted octanol–water partition coefficient (Wildman–Crippen LogP) is 5.79. The van der Waals surface area contributed by atoms with E-state index in [0.29, 0.717) is 22.4 Å². The average molecular weight is 331 g/mol. The molecule has 1 heterocycles. The molecule has 2 aliphatic rings. The van der Waals surface area contributed by atoms with E-state index in [-0.39, 0.29) is 0 Å². The Morgan fingerprint density at radius 3 is 2.27 bits per heavy atom. The Kier molecular flexibility index (Phi) is 3.94. The highest BCUT2D eigenvalue weighted by atomic mass is 35.6. The third-order valence-corrected chi connectivity index (χ3v) is 11.7.